The quantitative estimate of drug-likeness (QED) is 0.220. The Labute approximate surface area is 253 Å². The summed E-state index contributed by atoms with van der Waals surface area (Å²) in [6.45, 7) is 14.6. The number of ether oxygens (including phenoxy) is 2. The third-order valence-corrected chi connectivity index (χ3v) is 10.9. The number of pyridine rings is 1. The van der Waals surface area contributed by atoms with Crippen LogP contribution in [0.1, 0.15) is 31.5 Å². The molecule has 0 radical (unpaired) electrons. The monoisotopic (exact) mass is 602 g/mol. The number of urea groups is 1. The van der Waals surface area contributed by atoms with Gasteiger partial charge >= 0.3 is 6.03 Å². The fraction of sp³-hybridized carbons (Fsp3) is 0.548. The molecule has 4 aromatic rings. The van der Waals surface area contributed by atoms with E-state index in [0.29, 0.717) is 26.5 Å². The Morgan fingerprint density at radius 2 is 2.05 bits per heavy atom. The van der Waals surface area contributed by atoms with E-state index in [9.17, 15) is 4.79 Å². The van der Waals surface area contributed by atoms with Crippen LogP contribution in [0.5, 0.6) is 0 Å². The van der Waals surface area contributed by atoms with Crippen LogP contribution in [0, 0.1) is 0 Å². The number of aryl methyl sites for hydroxylation is 1. The molecule has 43 heavy (non-hydrogen) atoms. The van der Waals surface area contributed by atoms with Crippen molar-refractivity contribution in [1.29, 1.82) is 0 Å². The molecule has 0 aromatic carbocycles. The molecular formula is C31H42N8O3Si. The van der Waals surface area contributed by atoms with Gasteiger partial charge in [-0.25, -0.2) is 9.78 Å². The predicted octanol–water partition coefficient (Wildman–Crippen LogP) is 4.72. The van der Waals surface area contributed by atoms with Crippen molar-refractivity contribution in [3.05, 3.63) is 42.5 Å². The first kappa shape index (κ1) is 28.3. The van der Waals surface area contributed by atoms with E-state index in [1.54, 1.807) is 0 Å². The lowest BCUT2D eigenvalue weighted by Crippen LogP contribution is -2.40. The molecule has 11 nitrogen and oxygen atoms in total. The minimum atomic E-state index is -1.18. The molecule has 228 valence electrons. The Morgan fingerprint density at radius 1 is 1.21 bits per heavy atom. The Hall–Kier alpha value is -3.48. The average molecular weight is 603 g/mol. The maximum Gasteiger partial charge on any atom is 0.317 e. The third kappa shape index (κ3) is 5.19. The summed E-state index contributed by atoms with van der Waals surface area (Å²) < 4.78 is 18.0. The van der Waals surface area contributed by atoms with E-state index in [2.05, 4.69) is 68.4 Å². The number of nitrogens with zero attached hydrogens (tertiary/aromatic N) is 7. The summed E-state index contributed by atoms with van der Waals surface area (Å²) in [6.07, 6.45) is 7.93. The average Bonchev–Trinajstić information content (AvgIpc) is 3.76. The lowest BCUT2D eigenvalue weighted by molar-refractivity contribution is -0.0278. The smallest absolute Gasteiger partial charge is 0.317 e. The zero-order valence-electron chi connectivity index (χ0n) is 25.7. The molecule has 3 aliphatic heterocycles. The van der Waals surface area contributed by atoms with Crippen molar-refractivity contribution in [2.45, 2.75) is 70.2 Å². The highest BCUT2D eigenvalue weighted by molar-refractivity contribution is 6.76. The minimum Gasteiger partial charge on any atom is -0.377 e. The number of aromatic nitrogens is 6. The summed E-state index contributed by atoms with van der Waals surface area (Å²) in [5, 5.41) is 13.7. The molecule has 2 fully saturated rings. The maximum atomic E-state index is 12.6. The van der Waals surface area contributed by atoms with Crippen LogP contribution in [0.3, 0.4) is 0 Å². The van der Waals surface area contributed by atoms with Crippen molar-refractivity contribution >= 4 is 25.1 Å². The standard InChI is InChI=1S/C31H42N8O3Si/c1-5-32-30(40)36-10-7-31(20-36)8-11-38-28(31)15-26(35-38)22-14-24-25(27-6-9-34-39(27)23-18-42-19-23)17-37(29(24)33-16-22)21-41-12-13-43(2,3)4/h6,9,14-17,23H,5,7-8,10-13,18-21H2,1-4H3,(H,32,40). The van der Waals surface area contributed by atoms with Crippen LogP contribution in [-0.4, -0.2) is 87.6 Å². The zero-order valence-corrected chi connectivity index (χ0v) is 26.7. The Bertz CT molecular complexity index is 1650. The van der Waals surface area contributed by atoms with Crippen LogP contribution in [-0.2, 0) is 28.2 Å². The summed E-state index contributed by atoms with van der Waals surface area (Å²) in [4.78, 5) is 19.5. The summed E-state index contributed by atoms with van der Waals surface area (Å²) in [5.74, 6) is 0. The normalized spacial score (nSPS) is 20.3. The highest BCUT2D eigenvalue weighted by Crippen LogP contribution is 2.44. The first-order chi connectivity index (χ1) is 20.7. The van der Waals surface area contributed by atoms with Crippen LogP contribution < -0.4 is 5.32 Å². The number of hydrogen-bond donors (Lipinski definition) is 1. The molecule has 0 aliphatic carbocycles. The number of nitrogens with one attached hydrogen (secondary N) is 1. The van der Waals surface area contributed by atoms with Crippen LogP contribution in [0.15, 0.2) is 36.8 Å². The minimum absolute atomic E-state index is 0.0291. The molecule has 1 N–H and O–H groups in total. The van der Waals surface area contributed by atoms with E-state index >= 15 is 0 Å². The van der Waals surface area contributed by atoms with Crippen molar-refractivity contribution in [2.24, 2.45) is 0 Å². The van der Waals surface area contributed by atoms with E-state index in [4.69, 9.17) is 19.6 Å². The van der Waals surface area contributed by atoms with Gasteiger partial charge in [0, 0.05) is 87.1 Å². The second-order valence-electron chi connectivity index (χ2n) is 13.5. The van der Waals surface area contributed by atoms with E-state index in [-0.39, 0.29) is 17.5 Å². The van der Waals surface area contributed by atoms with Gasteiger partial charge in [0.05, 0.1) is 30.6 Å². The topological polar surface area (TPSA) is 104 Å². The van der Waals surface area contributed by atoms with E-state index in [0.717, 1.165) is 78.7 Å². The number of carbonyl (C=O) groups excluding carboxylic acids is 1. The van der Waals surface area contributed by atoms with Crippen LogP contribution in [0.2, 0.25) is 25.7 Å². The number of carbonyl (C=O) groups is 1. The third-order valence-electron chi connectivity index (χ3n) is 9.24. The molecule has 1 unspecified atom stereocenters. The largest absolute Gasteiger partial charge is 0.377 e. The van der Waals surface area contributed by atoms with Gasteiger partial charge in [-0.15, -0.1) is 0 Å². The van der Waals surface area contributed by atoms with Gasteiger partial charge < -0.3 is 24.3 Å². The second kappa shape index (κ2) is 10.9. The van der Waals surface area contributed by atoms with Crippen LogP contribution in [0.4, 0.5) is 4.79 Å². The molecule has 7 rings (SSSR count). The highest BCUT2D eigenvalue weighted by Gasteiger charge is 2.47. The maximum absolute atomic E-state index is 12.6. The van der Waals surface area contributed by atoms with Crippen LogP contribution in [0.25, 0.3) is 33.5 Å². The van der Waals surface area contributed by atoms with Crippen LogP contribution >= 0.6 is 0 Å². The zero-order chi connectivity index (χ0) is 29.8. The SMILES string of the molecule is CCNC(=O)N1CCC2(CCn3nc(-c4cnc5c(c4)c(-c4ccnn4C4COC4)cn5COCC[Si](C)(C)C)cc32)C1. The summed E-state index contributed by atoms with van der Waals surface area (Å²) in [7, 11) is -1.18. The molecular weight excluding hydrogens is 560 g/mol. The van der Waals surface area contributed by atoms with Gasteiger partial charge in [-0.3, -0.25) is 9.36 Å². The number of fused-ring (bicyclic) bond motifs is 3. The number of hydrogen-bond acceptors (Lipinski definition) is 6. The lowest BCUT2D eigenvalue weighted by atomic mass is 9.82. The number of amides is 2. The Kier molecular flexibility index (Phi) is 7.17. The summed E-state index contributed by atoms with van der Waals surface area (Å²) in [5.41, 5.74) is 6.13. The lowest BCUT2D eigenvalue weighted by Gasteiger charge is -2.27. The molecule has 1 spiro atoms. The molecule has 4 aromatic heterocycles. The second-order valence-corrected chi connectivity index (χ2v) is 19.1. The highest BCUT2D eigenvalue weighted by atomic mass is 28.3. The van der Waals surface area contributed by atoms with E-state index in [1.165, 1.54) is 5.69 Å². The molecule has 0 saturated carbocycles. The number of likely N-dealkylation sites (tertiary alicyclic amines) is 1. The number of rotatable bonds is 9. The van der Waals surface area contributed by atoms with Crippen molar-refractivity contribution in [1.82, 2.24) is 39.3 Å². The van der Waals surface area contributed by atoms with Gasteiger partial charge in [0.15, 0.2) is 0 Å². The van der Waals surface area contributed by atoms with E-state index < -0.39 is 8.07 Å². The van der Waals surface area contributed by atoms with Gasteiger partial charge in [0.1, 0.15) is 12.4 Å². The van der Waals surface area contributed by atoms with Crippen molar-refractivity contribution in [2.75, 3.05) is 39.5 Å². The molecule has 2 amide bonds. The van der Waals surface area contributed by atoms with Crippen molar-refractivity contribution in [3.8, 4) is 22.5 Å². The van der Waals surface area contributed by atoms with Gasteiger partial charge in [-0.1, -0.05) is 19.6 Å². The summed E-state index contributed by atoms with van der Waals surface area (Å²) >= 11 is 0. The van der Waals surface area contributed by atoms with E-state index in [1.807, 2.05) is 24.2 Å². The Balaban J connectivity index is 1.22. The molecule has 3 aliphatic rings. The van der Waals surface area contributed by atoms with Gasteiger partial charge in [0.25, 0.3) is 0 Å². The molecule has 2 saturated heterocycles. The molecule has 12 heteroatoms. The van der Waals surface area contributed by atoms with Gasteiger partial charge in [-0.05, 0) is 44.0 Å². The van der Waals surface area contributed by atoms with Crippen molar-refractivity contribution in [3.63, 3.8) is 0 Å². The predicted molar refractivity (Wildman–Crippen MR) is 168 cm³/mol. The fourth-order valence-corrected chi connectivity index (χ4v) is 7.42. The molecule has 7 heterocycles. The first-order valence-corrected chi connectivity index (χ1v) is 19.3. The van der Waals surface area contributed by atoms with Gasteiger partial charge in [0.2, 0.25) is 0 Å². The Morgan fingerprint density at radius 3 is 2.81 bits per heavy atom. The van der Waals surface area contributed by atoms with Crippen molar-refractivity contribution < 1.29 is 14.3 Å². The fourth-order valence-electron chi connectivity index (χ4n) is 6.66. The van der Waals surface area contributed by atoms with Gasteiger partial charge in [-0.2, -0.15) is 10.2 Å². The molecule has 1 atom stereocenters. The first-order valence-electron chi connectivity index (χ1n) is 15.5. The summed E-state index contributed by atoms with van der Waals surface area (Å²) in [6, 6.07) is 7.91. The molecule has 0 bridgehead atoms.